The monoisotopic (exact) mass is 255 g/mol. The van der Waals surface area contributed by atoms with E-state index in [1.54, 1.807) is 24.3 Å². The Balaban J connectivity index is 1.82. The van der Waals surface area contributed by atoms with Gasteiger partial charge in [-0.05, 0) is 37.1 Å². The van der Waals surface area contributed by atoms with Crippen LogP contribution in [0.3, 0.4) is 0 Å². The maximum Gasteiger partial charge on any atom is 0.274 e. The van der Waals surface area contributed by atoms with Gasteiger partial charge in [-0.15, -0.1) is 0 Å². The highest BCUT2D eigenvalue weighted by Crippen LogP contribution is 2.13. The highest BCUT2D eigenvalue weighted by Gasteiger charge is 2.16. The molecule has 1 heterocycles. The van der Waals surface area contributed by atoms with Crippen LogP contribution in [0.15, 0.2) is 24.3 Å². The Bertz CT molecular complexity index is 374. The number of nitrogens with one attached hydrogen (secondary N) is 1. The summed E-state index contributed by atoms with van der Waals surface area (Å²) in [6.45, 7) is 0.682. The lowest BCUT2D eigenvalue weighted by Crippen LogP contribution is -2.33. The molecule has 0 unspecified atom stereocenters. The average Bonchev–Trinajstić information content (AvgIpc) is 2.38. The summed E-state index contributed by atoms with van der Waals surface area (Å²) in [6, 6.07) is 6.60. The Morgan fingerprint density at radius 3 is 2.76 bits per heavy atom. The van der Waals surface area contributed by atoms with Gasteiger partial charge in [-0.25, -0.2) is 10.3 Å². The van der Waals surface area contributed by atoms with Gasteiger partial charge >= 0.3 is 0 Å². The first-order valence-corrected chi connectivity index (χ1v) is 5.96. The SMILES string of the molecule is O=C(NO[C@@H]1CCCCO1)c1ccc(Cl)cc1. The molecule has 1 atom stereocenters. The summed E-state index contributed by atoms with van der Waals surface area (Å²) in [7, 11) is 0. The van der Waals surface area contributed by atoms with Crippen molar-refractivity contribution >= 4 is 17.5 Å². The summed E-state index contributed by atoms with van der Waals surface area (Å²) in [5, 5.41) is 0.595. The molecular weight excluding hydrogens is 242 g/mol. The summed E-state index contributed by atoms with van der Waals surface area (Å²) in [6.07, 6.45) is 2.58. The third kappa shape index (κ3) is 3.70. The molecule has 0 bridgehead atoms. The minimum atomic E-state index is -0.333. The predicted octanol–water partition coefficient (Wildman–Crippen LogP) is 2.53. The Kier molecular flexibility index (Phi) is 4.36. The highest BCUT2D eigenvalue weighted by molar-refractivity contribution is 6.30. The summed E-state index contributed by atoms with van der Waals surface area (Å²) >= 11 is 5.73. The molecule has 0 aliphatic carbocycles. The van der Waals surface area contributed by atoms with Crippen molar-refractivity contribution in [3.63, 3.8) is 0 Å². The lowest BCUT2D eigenvalue weighted by molar-refractivity contribution is -0.186. The largest absolute Gasteiger partial charge is 0.350 e. The fourth-order valence-electron chi connectivity index (χ4n) is 1.58. The first-order valence-electron chi connectivity index (χ1n) is 5.59. The number of benzene rings is 1. The van der Waals surface area contributed by atoms with Gasteiger partial charge in [-0.2, -0.15) is 0 Å². The minimum absolute atomic E-state index is 0.296. The summed E-state index contributed by atoms with van der Waals surface area (Å²) < 4.78 is 5.33. The van der Waals surface area contributed by atoms with Crippen molar-refractivity contribution in [3.05, 3.63) is 34.9 Å². The number of hydrogen-bond acceptors (Lipinski definition) is 3. The average molecular weight is 256 g/mol. The van der Waals surface area contributed by atoms with Gasteiger partial charge in [-0.3, -0.25) is 4.79 Å². The van der Waals surface area contributed by atoms with E-state index in [4.69, 9.17) is 21.2 Å². The quantitative estimate of drug-likeness (QED) is 0.845. The number of ether oxygens (including phenoxy) is 1. The lowest BCUT2D eigenvalue weighted by Gasteiger charge is -2.22. The van der Waals surface area contributed by atoms with Crippen LogP contribution in [0.2, 0.25) is 5.02 Å². The number of carbonyl (C=O) groups is 1. The molecule has 92 valence electrons. The zero-order valence-corrected chi connectivity index (χ0v) is 10.1. The lowest BCUT2D eigenvalue weighted by atomic mass is 10.2. The molecular formula is C12H14ClNO3. The van der Waals surface area contributed by atoms with E-state index in [0.717, 1.165) is 19.3 Å². The number of amides is 1. The molecule has 4 nitrogen and oxygen atoms in total. The summed E-state index contributed by atoms with van der Waals surface area (Å²) in [4.78, 5) is 16.8. The van der Waals surface area contributed by atoms with Crippen LogP contribution in [0, 0.1) is 0 Å². The van der Waals surface area contributed by atoms with Gasteiger partial charge in [0.05, 0.1) is 0 Å². The van der Waals surface area contributed by atoms with E-state index in [-0.39, 0.29) is 12.2 Å². The van der Waals surface area contributed by atoms with Crippen molar-refractivity contribution in [2.75, 3.05) is 6.61 Å². The molecule has 17 heavy (non-hydrogen) atoms. The number of hydrogen-bond donors (Lipinski definition) is 1. The van der Waals surface area contributed by atoms with Crippen LogP contribution in [0.5, 0.6) is 0 Å². The Labute approximate surface area is 105 Å². The normalized spacial score (nSPS) is 19.9. The van der Waals surface area contributed by atoms with Crippen LogP contribution in [0.4, 0.5) is 0 Å². The third-order valence-corrected chi connectivity index (χ3v) is 2.78. The molecule has 0 spiro atoms. The van der Waals surface area contributed by atoms with Crippen molar-refractivity contribution in [2.24, 2.45) is 0 Å². The standard InChI is InChI=1S/C12H14ClNO3/c13-10-6-4-9(5-7-10)12(15)14-17-11-3-1-2-8-16-11/h4-7,11H,1-3,8H2,(H,14,15)/t11-/m1/s1. The summed E-state index contributed by atoms with van der Waals surface area (Å²) in [5.41, 5.74) is 2.89. The smallest absolute Gasteiger partial charge is 0.274 e. The van der Waals surface area contributed by atoms with Crippen LogP contribution < -0.4 is 5.48 Å². The van der Waals surface area contributed by atoms with Crippen LogP contribution in [-0.2, 0) is 9.57 Å². The second-order valence-corrected chi connectivity index (χ2v) is 4.29. The molecule has 1 amide bonds. The minimum Gasteiger partial charge on any atom is -0.350 e. The van der Waals surface area contributed by atoms with Crippen molar-refractivity contribution in [1.29, 1.82) is 0 Å². The number of hydroxylamine groups is 1. The first-order chi connectivity index (χ1) is 8.25. The van der Waals surface area contributed by atoms with Crippen molar-refractivity contribution in [2.45, 2.75) is 25.6 Å². The number of carbonyl (C=O) groups excluding carboxylic acids is 1. The molecule has 1 N–H and O–H groups in total. The van der Waals surface area contributed by atoms with E-state index < -0.39 is 0 Å². The van der Waals surface area contributed by atoms with E-state index in [9.17, 15) is 4.79 Å². The van der Waals surface area contributed by atoms with E-state index in [2.05, 4.69) is 5.48 Å². The van der Waals surface area contributed by atoms with Crippen molar-refractivity contribution in [1.82, 2.24) is 5.48 Å². The third-order valence-electron chi connectivity index (χ3n) is 2.53. The molecule has 5 heteroatoms. The molecule has 0 saturated carbocycles. The van der Waals surface area contributed by atoms with Gasteiger partial charge in [0.2, 0.25) is 0 Å². The van der Waals surface area contributed by atoms with Gasteiger partial charge in [0.1, 0.15) is 0 Å². The van der Waals surface area contributed by atoms with E-state index >= 15 is 0 Å². The van der Waals surface area contributed by atoms with Crippen LogP contribution in [-0.4, -0.2) is 18.8 Å². The molecule has 1 aromatic rings. The molecule has 1 aliphatic rings. The predicted molar refractivity (Wildman–Crippen MR) is 63.6 cm³/mol. The van der Waals surface area contributed by atoms with E-state index in [0.29, 0.717) is 17.2 Å². The topological polar surface area (TPSA) is 47.6 Å². The molecule has 1 aromatic carbocycles. The number of rotatable bonds is 3. The zero-order chi connectivity index (χ0) is 12.1. The second-order valence-electron chi connectivity index (χ2n) is 3.85. The zero-order valence-electron chi connectivity index (χ0n) is 9.32. The second kappa shape index (κ2) is 6.00. The van der Waals surface area contributed by atoms with Gasteiger partial charge in [0.25, 0.3) is 5.91 Å². The molecule has 0 radical (unpaired) electrons. The molecule has 1 fully saturated rings. The Morgan fingerprint density at radius 1 is 1.35 bits per heavy atom. The van der Waals surface area contributed by atoms with E-state index in [1.807, 2.05) is 0 Å². The van der Waals surface area contributed by atoms with Crippen LogP contribution >= 0.6 is 11.6 Å². The maximum absolute atomic E-state index is 11.7. The number of halogens is 1. The van der Waals surface area contributed by atoms with Gasteiger partial charge in [-0.1, -0.05) is 11.6 Å². The van der Waals surface area contributed by atoms with Crippen LogP contribution in [0.1, 0.15) is 29.6 Å². The van der Waals surface area contributed by atoms with Gasteiger partial charge in [0, 0.05) is 23.6 Å². The molecule has 1 aliphatic heterocycles. The summed E-state index contributed by atoms with van der Waals surface area (Å²) in [5.74, 6) is -0.296. The molecule has 1 saturated heterocycles. The Morgan fingerprint density at radius 2 is 2.12 bits per heavy atom. The fraction of sp³-hybridized carbons (Fsp3) is 0.417. The van der Waals surface area contributed by atoms with Crippen molar-refractivity contribution in [3.8, 4) is 0 Å². The van der Waals surface area contributed by atoms with Crippen LogP contribution in [0.25, 0.3) is 0 Å². The van der Waals surface area contributed by atoms with Crippen molar-refractivity contribution < 1.29 is 14.4 Å². The van der Waals surface area contributed by atoms with Gasteiger partial charge < -0.3 is 4.74 Å². The Hall–Kier alpha value is -1.10. The highest BCUT2D eigenvalue weighted by atomic mass is 35.5. The first kappa shape index (κ1) is 12.4. The maximum atomic E-state index is 11.7. The van der Waals surface area contributed by atoms with Gasteiger partial charge in [0.15, 0.2) is 6.29 Å². The fourth-order valence-corrected chi connectivity index (χ4v) is 1.71. The van der Waals surface area contributed by atoms with E-state index in [1.165, 1.54) is 0 Å². The molecule has 2 rings (SSSR count). The molecule has 0 aromatic heterocycles.